The predicted octanol–water partition coefficient (Wildman–Crippen LogP) is 3.99. The van der Waals surface area contributed by atoms with Gasteiger partial charge in [-0.15, -0.1) is 0 Å². The number of aliphatic carboxylic acids is 1. The van der Waals surface area contributed by atoms with Crippen LogP contribution in [0, 0.1) is 0 Å². The van der Waals surface area contributed by atoms with Crippen molar-refractivity contribution in [3.63, 3.8) is 0 Å². The molecular formula is C36H49F3N4O11. The molecule has 7 atom stereocenters. The monoisotopic (exact) mass is 770 g/mol. The Morgan fingerprint density at radius 2 is 1.56 bits per heavy atom. The number of halogens is 3. The molecule has 2 heterocycles. The molecule has 1 aromatic carbocycles. The third-order valence-electron chi connectivity index (χ3n) is 9.01. The lowest BCUT2D eigenvalue weighted by Gasteiger charge is -2.37. The smallest absolute Gasteiger partial charge is 0.416 e. The molecular weight excluding hydrogens is 721 g/mol. The second-order valence-electron chi connectivity index (χ2n) is 14.4. The van der Waals surface area contributed by atoms with Crippen molar-refractivity contribution in [1.82, 2.24) is 20.4 Å². The number of amides is 4. The van der Waals surface area contributed by atoms with E-state index in [0.717, 1.165) is 26.0 Å². The summed E-state index contributed by atoms with van der Waals surface area (Å²) >= 11 is 0. The van der Waals surface area contributed by atoms with Crippen LogP contribution in [0.15, 0.2) is 24.3 Å². The summed E-state index contributed by atoms with van der Waals surface area (Å²) in [5, 5.41) is 15.7. The number of benzene rings is 1. The van der Waals surface area contributed by atoms with Gasteiger partial charge >= 0.3 is 36.2 Å². The zero-order valence-electron chi connectivity index (χ0n) is 31.4. The molecule has 0 saturated carbocycles. The number of ketones is 1. The van der Waals surface area contributed by atoms with Gasteiger partial charge in [-0.3, -0.25) is 24.5 Å². The van der Waals surface area contributed by atoms with Crippen LogP contribution in [0.4, 0.5) is 22.8 Å². The van der Waals surface area contributed by atoms with Gasteiger partial charge in [-0.25, -0.2) is 19.3 Å². The van der Waals surface area contributed by atoms with Crippen LogP contribution in [0.5, 0.6) is 0 Å². The average Bonchev–Trinajstić information content (AvgIpc) is 3.73. The Bertz CT molecular complexity index is 1560. The summed E-state index contributed by atoms with van der Waals surface area (Å²) < 4.78 is 55.2. The van der Waals surface area contributed by atoms with E-state index in [9.17, 15) is 51.8 Å². The normalized spacial score (nSPS) is 20.9. The highest BCUT2D eigenvalue weighted by molar-refractivity contribution is 6.02. The molecule has 2 fully saturated rings. The van der Waals surface area contributed by atoms with E-state index in [1.54, 1.807) is 20.8 Å². The molecule has 0 spiro atoms. The molecule has 3 rings (SSSR count). The number of alkyl carbamates (subject to hydrolysis) is 1. The lowest BCUT2D eigenvalue weighted by Crippen LogP contribution is -2.63. The first kappa shape index (κ1) is 43.7. The van der Waals surface area contributed by atoms with E-state index in [2.05, 4.69) is 10.6 Å². The van der Waals surface area contributed by atoms with Crippen LogP contribution in [0.2, 0.25) is 0 Å². The minimum Gasteiger partial charge on any atom is -0.480 e. The highest BCUT2D eigenvalue weighted by Gasteiger charge is 2.49. The van der Waals surface area contributed by atoms with Crippen molar-refractivity contribution in [3.8, 4) is 0 Å². The SMILES string of the molecule is CCC(OC(C)=O)C(C(=O)O)N(C(=O)C1CCC(C(=O)[C@H](NC(=O)OC(C)(C)C)[C@@H](C)OC(C)=O)N1)C(=O)N1CCCC1Cc1ccc(C(F)(F)F)cc1. The third-order valence-corrected chi connectivity index (χ3v) is 9.01. The first-order chi connectivity index (χ1) is 25.0. The number of Topliss-reactive ketones (excluding diaryl/α,β-unsaturated/α-hetero) is 1. The van der Waals surface area contributed by atoms with E-state index in [1.165, 1.54) is 30.9 Å². The number of urea groups is 1. The molecule has 2 aliphatic heterocycles. The van der Waals surface area contributed by atoms with Crippen LogP contribution >= 0.6 is 0 Å². The van der Waals surface area contributed by atoms with Crippen molar-refractivity contribution in [2.24, 2.45) is 0 Å². The molecule has 0 aliphatic carbocycles. The number of nitrogens with one attached hydrogen (secondary N) is 2. The standard InChI is InChI=1S/C36H49F3N4O11/c1-8-27(53-21(4)45)29(32(48)49)43(34(51)42-17-9-10-24(42)18-22-11-13-23(14-12-22)36(37,38)39)31(47)26-16-15-25(40-26)30(46)28(19(2)52-20(3)44)41-33(50)54-35(5,6)7/h11-14,19,24-29,40H,8-10,15-18H2,1-7H3,(H,41,50)(H,48,49)/t19-,24?,25?,26?,27?,28-,29?/m1/s1. The van der Waals surface area contributed by atoms with Gasteiger partial charge in [-0.2, -0.15) is 13.2 Å². The number of alkyl halides is 3. The maximum atomic E-state index is 14.4. The first-order valence-electron chi connectivity index (χ1n) is 17.7. The van der Waals surface area contributed by atoms with Crippen LogP contribution in [0.1, 0.15) is 91.7 Å². The molecule has 300 valence electrons. The van der Waals surface area contributed by atoms with E-state index in [1.807, 2.05) is 0 Å². The van der Waals surface area contributed by atoms with Crippen LogP contribution in [-0.2, 0) is 50.8 Å². The summed E-state index contributed by atoms with van der Waals surface area (Å²) in [4.78, 5) is 93.7. The lowest BCUT2D eigenvalue weighted by atomic mass is 9.99. The van der Waals surface area contributed by atoms with E-state index in [4.69, 9.17) is 14.2 Å². The topological polar surface area (TPSA) is 198 Å². The van der Waals surface area contributed by atoms with Crippen molar-refractivity contribution in [1.29, 1.82) is 0 Å². The van der Waals surface area contributed by atoms with Crippen molar-refractivity contribution in [2.45, 2.75) is 141 Å². The molecule has 0 aromatic heterocycles. The summed E-state index contributed by atoms with van der Waals surface area (Å²) in [6.45, 7) is 9.96. The van der Waals surface area contributed by atoms with Gasteiger partial charge in [0.25, 0.3) is 0 Å². The molecule has 4 amide bonds. The first-order valence-corrected chi connectivity index (χ1v) is 17.7. The second-order valence-corrected chi connectivity index (χ2v) is 14.4. The number of carboxylic acid groups (broad SMARTS) is 1. The molecule has 5 unspecified atom stereocenters. The number of imide groups is 1. The van der Waals surface area contributed by atoms with E-state index < -0.39 is 101 Å². The van der Waals surface area contributed by atoms with Crippen molar-refractivity contribution in [3.05, 3.63) is 35.4 Å². The van der Waals surface area contributed by atoms with Crippen LogP contribution in [0.3, 0.4) is 0 Å². The molecule has 1 aromatic rings. The minimum absolute atomic E-state index is 0.00425. The Hall–Kier alpha value is -4.74. The maximum Gasteiger partial charge on any atom is 0.416 e. The summed E-state index contributed by atoms with van der Waals surface area (Å²) in [5.74, 6) is -4.95. The molecule has 2 aliphatic rings. The van der Waals surface area contributed by atoms with Crippen molar-refractivity contribution in [2.75, 3.05) is 6.54 Å². The number of likely N-dealkylation sites (tertiary alicyclic amines) is 1. The highest BCUT2D eigenvalue weighted by atomic mass is 19.4. The fourth-order valence-corrected chi connectivity index (χ4v) is 6.64. The van der Waals surface area contributed by atoms with E-state index >= 15 is 0 Å². The van der Waals surface area contributed by atoms with Crippen LogP contribution in [0.25, 0.3) is 0 Å². The largest absolute Gasteiger partial charge is 0.480 e. The molecule has 2 saturated heterocycles. The van der Waals surface area contributed by atoms with Gasteiger partial charge in [0.15, 0.2) is 11.8 Å². The number of rotatable bonds is 13. The molecule has 0 bridgehead atoms. The van der Waals surface area contributed by atoms with Crippen LogP contribution < -0.4 is 10.6 Å². The molecule has 18 heteroatoms. The summed E-state index contributed by atoms with van der Waals surface area (Å²) in [7, 11) is 0. The molecule has 54 heavy (non-hydrogen) atoms. The Morgan fingerprint density at radius 1 is 0.963 bits per heavy atom. The number of nitrogens with zero attached hydrogens (tertiary/aromatic N) is 2. The number of hydrogen-bond donors (Lipinski definition) is 3. The zero-order valence-corrected chi connectivity index (χ0v) is 31.4. The third kappa shape index (κ3) is 11.6. The van der Waals surface area contributed by atoms with E-state index in [-0.39, 0.29) is 32.2 Å². The van der Waals surface area contributed by atoms with Gasteiger partial charge in [-0.05, 0) is 83.9 Å². The van der Waals surface area contributed by atoms with E-state index in [0.29, 0.717) is 23.3 Å². The molecule has 3 N–H and O–H groups in total. The van der Waals surface area contributed by atoms with Gasteiger partial charge < -0.3 is 29.5 Å². The van der Waals surface area contributed by atoms with Gasteiger partial charge in [0, 0.05) is 26.4 Å². The maximum absolute atomic E-state index is 14.4. The average molecular weight is 771 g/mol. The Kier molecular flexibility index (Phi) is 14.6. The summed E-state index contributed by atoms with van der Waals surface area (Å²) in [6.07, 6.45) is -7.37. The second kappa shape index (κ2) is 18.1. The number of esters is 2. The van der Waals surface area contributed by atoms with Crippen LogP contribution in [-0.4, -0.2) is 111 Å². The van der Waals surface area contributed by atoms with Gasteiger partial charge in [0.1, 0.15) is 23.9 Å². The number of hydrogen-bond acceptors (Lipinski definition) is 11. The fourth-order valence-electron chi connectivity index (χ4n) is 6.64. The van der Waals surface area contributed by atoms with Gasteiger partial charge in [-0.1, -0.05) is 19.1 Å². The number of ether oxygens (including phenoxy) is 3. The molecule has 15 nitrogen and oxygen atoms in total. The highest BCUT2D eigenvalue weighted by Crippen LogP contribution is 2.31. The van der Waals surface area contributed by atoms with Crippen molar-refractivity contribution >= 4 is 41.7 Å². The minimum atomic E-state index is -4.55. The van der Waals surface area contributed by atoms with Crippen molar-refractivity contribution < 1.29 is 66.1 Å². The van der Waals surface area contributed by atoms with Gasteiger partial charge in [0.05, 0.1) is 17.6 Å². The Labute approximate surface area is 311 Å². The van der Waals surface area contributed by atoms with Gasteiger partial charge in [0.2, 0.25) is 5.91 Å². The summed E-state index contributed by atoms with van der Waals surface area (Å²) in [5.41, 5.74) is -1.31. The molecule has 0 radical (unpaired) electrons. The summed E-state index contributed by atoms with van der Waals surface area (Å²) in [6, 6.07) is -3.09. The Morgan fingerprint density at radius 3 is 2.07 bits per heavy atom. The number of carboxylic acids is 1. The predicted molar refractivity (Wildman–Crippen MR) is 184 cm³/mol. The number of carbonyl (C=O) groups is 7. The fraction of sp³-hybridized carbons (Fsp3) is 0.639. The quantitative estimate of drug-likeness (QED) is 0.193. The lowest BCUT2D eigenvalue weighted by molar-refractivity contribution is -0.162. The zero-order chi connectivity index (χ0) is 40.7. The Balaban J connectivity index is 1.95. The number of carbonyl (C=O) groups excluding carboxylic acids is 6.